The van der Waals surface area contributed by atoms with Crippen molar-refractivity contribution in [3.05, 3.63) is 56.7 Å². The minimum Gasteiger partial charge on any atom is -0.345 e. The average molecular weight is 384 g/mol. The number of likely N-dealkylation sites (N-methyl/N-ethyl adjacent to an activating group) is 1. The molecule has 25 heavy (non-hydrogen) atoms. The van der Waals surface area contributed by atoms with Crippen LogP contribution in [0.1, 0.15) is 35.3 Å². The maximum atomic E-state index is 12.9. The Bertz CT molecular complexity index is 824. The van der Waals surface area contributed by atoms with E-state index >= 15 is 0 Å². The monoisotopic (exact) mass is 383 g/mol. The third-order valence-corrected chi connectivity index (χ3v) is 6.06. The molecule has 1 unspecified atom stereocenters. The number of carbonyl (C=O) groups is 1. The molecular weight excluding hydrogens is 368 g/mol. The fourth-order valence-corrected chi connectivity index (χ4v) is 4.52. The van der Waals surface area contributed by atoms with Crippen LogP contribution in [0.5, 0.6) is 0 Å². The van der Waals surface area contributed by atoms with Gasteiger partial charge in [-0.15, -0.1) is 11.3 Å². The zero-order valence-corrected chi connectivity index (χ0v) is 15.1. The van der Waals surface area contributed by atoms with Gasteiger partial charge in [-0.3, -0.25) is 15.1 Å². The molecule has 1 aromatic carbocycles. The summed E-state index contributed by atoms with van der Waals surface area (Å²) < 4.78 is 25.7. The first-order valence-corrected chi connectivity index (χ1v) is 8.77. The number of halogens is 3. The molecule has 1 fully saturated rings. The number of hydrogen-bond acceptors (Lipinski definition) is 3. The van der Waals surface area contributed by atoms with E-state index in [0.717, 1.165) is 4.88 Å². The summed E-state index contributed by atoms with van der Waals surface area (Å²) in [6, 6.07) is 7.45. The van der Waals surface area contributed by atoms with Gasteiger partial charge in [0, 0.05) is 17.5 Å². The molecule has 1 aliphatic rings. The lowest BCUT2D eigenvalue weighted by Gasteiger charge is -2.45. The first-order valence-electron chi connectivity index (χ1n) is 7.51. The predicted molar refractivity (Wildman–Crippen MR) is 94.5 cm³/mol. The quantitative estimate of drug-likeness (QED) is 0.828. The van der Waals surface area contributed by atoms with Crippen LogP contribution < -0.4 is 5.32 Å². The second-order valence-electron chi connectivity index (χ2n) is 6.07. The number of rotatable bonds is 3. The minimum atomic E-state index is -2.57. The molecule has 2 heterocycles. The van der Waals surface area contributed by atoms with Crippen molar-refractivity contribution in [1.82, 2.24) is 10.2 Å². The van der Waals surface area contributed by atoms with Crippen molar-refractivity contribution in [1.29, 1.82) is 5.41 Å². The second-order valence-corrected chi connectivity index (χ2v) is 7.39. The molecule has 132 valence electrons. The fourth-order valence-electron chi connectivity index (χ4n) is 3.11. The molecule has 8 heteroatoms. The molecule has 1 amide bonds. The molecule has 0 radical (unpaired) electrons. The largest absolute Gasteiger partial charge is 0.345 e. The van der Waals surface area contributed by atoms with Gasteiger partial charge in [-0.05, 0) is 23.9 Å². The van der Waals surface area contributed by atoms with E-state index in [1.807, 2.05) is 5.38 Å². The van der Waals surface area contributed by atoms with Crippen molar-refractivity contribution >= 4 is 34.8 Å². The lowest BCUT2D eigenvalue weighted by atomic mass is 9.77. The van der Waals surface area contributed by atoms with E-state index in [4.69, 9.17) is 17.0 Å². The van der Waals surface area contributed by atoms with Gasteiger partial charge in [-0.1, -0.05) is 35.9 Å². The van der Waals surface area contributed by atoms with Gasteiger partial charge >= 0.3 is 0 Å². The fraction of sp³-hybridized carbons (Fsp3) is 0.294. The lowest BCUT2D eigenvalue weighted by Crippen LogP contribution is -2.62. The maximum absolute atomic E-state index is 12.9. The van der Waals surface area contributed by atoms with E-state index < -0.39 is 17.9 Å². The van der Waals surface area contributed by atoms with E-state index in [9.17, 15) is 13.6 Å². The van der Waals surface area contributed by atoms with Gasteiger partial charge in [0.1, 0.15) is 0 Å². The van der Waals surface area contributed by atoms with Crippen molar-refractivity contribution < 1.29 is 13.6 Å². The summed E-state index contributed by atoms with van der Waals surface area (Å²) in [5, 5.41) is 13.4. The van der Waals surface area contributed by atoms with Gasteiger partial charge in [0.15, 0.2) is 5.96 Å². The van der Waals surface area contributed by atoms with Crippen LogP contribution in [0.4, 0.5) is 8.78 Å². The van der Waals surface area contributed by atoms with Crippen molar-refractivity contribution in [2.75, 3.05) is 7.05 Å². The van der Waals surface area contributed by atoms with Crippen LogP contribution in [0, 0.1) is 5.41 Å². The number of benzene rings is 1. The number of nitrogens with one attached hydrogen (secondary N) is 2. The number of amides is 1. The number of carbonyl (C=O) groups excluding carboxylic acids is 1. The van der Waals surface area contributed by atoms with Crippen LogP contribution in [0.2, 0.25) is 5.02 Å². The summed E-state index contributed by atoms with van der Waals surface area (Å²) in [5.74, 6) is -1.02. The molecule has 2 aromatic rings. The molecule has 1 saturated heterocycles. The molecule has 1 aliphatic heterocycles. The topological polar surface area (TPSA) is 56.2 Å². The van der Waals surface area contributed by atoms with Crippen LogP contribution in [-0.4, -0.2) is 23.8 Å². The van der Waals surface area contributed by atoms with Gasteiger partial charge < -0.3 is 5.32 Å². The molecule has 0 saturated carbocycles. The highest BCUT2D eigenvalue weighted by molar-refractivity contribution is 7.10. The van der Waals surface area contributed by atoms with Gasteiger partial charge in [-0.25, -0.2) is 8.78 Å². The highest BCUT2D eigenvalue weighted by atomic mass is 35.5. The highest BCUT2D eigenvalue weighted by Crippen LogP contribution is 2.45. The molecule has 0 aliphatic carbocycles. The molecule has 2 N–H and O–H groups in total. The number of hydrogen-bond donors (Lipinski definition) is 2. The lowest BCUT2D eigenvalue weighted by molar-refractivity contribution is -0.131. The number of thiophene rings is 1. The Morgan fingerprint density at radius 1 is 1.32 bits per heavy atom. The SMILES string of the molecule is CN1C(=N)N[C@](C)(c2sccc2Cl)C(c2ccc(C(F)F)cc2)C1=O. The van der Waals surface area contributed by atoms with Gasteiger partial charge in [0.05, 0.1) is 16.5 Å². The third kappa shape index (κ3) is 2.91. The summed E-state index contributed by atoms with van der Waals surface area (Å²) in [5.41, 5.74) is -0.455. The van der Waals surface area contributed by atoms with Crippen molar-refractivity contribution in [3.8, 4) is 0 Å². The van der Waals surface area contributed by atoms with Crippen LogP contribution in [0.3, 0.4) is 0 Å². The Hall–Kier alpha value is -1.99. The molecule has 1 aromatic heterocycles. The average Bonchev–Trinajstić information content (AvgIpc) is 3.00. The molecule has 0 bridgehead atoms. The Morgan fingerprint density at radius 2 is 1.96 bits per heavy atom. The smallest absolute Gasteiger partial charge is 0.263 e. The summed E-state index contributed by atoms with van der Waals surface area (Å²) in [4.78, 5) is 14.9. The number of nitrogens with zero attached hydrogens (tertiary/aromatic N) is 1. The Balaban J connectivity index is 2.13. The van der Waals surface area contributed by atoms with Crippen molar-refractivity contribution in [3.63, 3.8) is 0 Å². The zero-order chi connectivity index (χ0) is 18.4. The van der Waals surface area contributed by atoms with Crippen LogP contribution in [0.25, 0.3) is 0 Å². The third-order valence-electron chi connectivity index (χ3n) is 4.48. The van der Waals surface area contributed by atoms with Crippen molar-refractivity contribution in [2.24, 2.45) is 0 Å². The Kier molecular flexibility index (Phi) is 4.55. The molecule has 4 nitrogen and oxygen atoms in total. The van der Waals surface area contributed by atoms with Crippen molar-refractivity contribution in [2.45, 2.75) is 24.8 Å². The van der Waals surface area contributed by atoms with Crippen LogP contribution >= 0.6 is 22.9 Å². The summed E-state index contributed by atoms with van der Waals surface area (Å²) in [6.07, 6.45) is -2.57. The first-order chi connectivity index (χ1) is 11.8. The summed E-state index contributed by atoms with van der Waals surface area (Å²) in [7, 11) is 1.51. The number of guanidine groups is 1. The zero-order valence-electron chi connectivity index (χ0n) is 13.5. The van der Waals surface area contributed by atoms with E-state index in [1.165, 1.54) is 47.5 Å². The molecule has 2 atom stereocenters. The second kappa shape index (κ2) is 6.38. The van der Waals surface area contributed by atoms with Gasteiger partial charge in [0.2, 0.25) is 5.91 Å². The molecular formula is C17H16ClF2N3OS. The van der Waals surface area contributed by atoms with E-state index in [2.05, 4.69) is 5.32 Å². The van der Waals surface area contributed by atoms with Crippen LogP contribution in [-0.2, 0) is 10.3 Å². The summed E-state index contributed by atoms with van der Waals surface area (Å²) in [6.45, 7) is 1.80. The Morgan fingerprint density at radius 3 is 2.48 bits per heavy atom. The van der Waals surface area contributed by atoms with Crippen LogP contribution in [0.15, 0.2) is 35.7 Å². The maximum Gasteiger partial charge on any atom is 0.263 e. The molecule has 0 spiro atoms. The van der Waals surface area contributed by atoms with Gasteiger partial charge in [0.25, 0.3) is 6.43 Å². The Labute approximate surface area is 152 Å². The van der Waals surface area contributed by atoms with Gasteiger partial charge in [-0.2, -0.15) is 0 Å². The highest BCUT2D eigenvalue weighted by Gasteiger charge is 2.49. The van der Waals surface area contributed by atoms with E-state index in [-0.39, 0.29) is 17.4 Å². The minimum absolute atomic E-state index is 0.0302. The summed E-state index contributed by atoms with van der Waals surface area (Å²) >= 11 is 7.67. The molecule has 3 rings (SSSR count). The predicted octanol–water partition coefficient (Wildman–Crippen LogP) is 4.33. The van der Waals surface area contributed by atoms with E-state index in [0.29, 0.717) is 10.6 Å². The number of alkyl halides is 2. The standard InChI is InChI=1S/C17H16ClF2N3OS/c1-17(13-11(18)7-8-25-13)12(15(24)23(2)16(21)22-17)9-3-5-10(6-4-9)14(19)20/h3-8,12,14H,1-2H3,(H2,21,22)/t12?,17-/m0/s1. The van der Waals surface area contributed by atoms with E-state index in [1.54, 1.807) is 13.0 Å². The first kappa shape index (κ1) is 17.8. The normalized spacial score (nSPS) is 23.9.